The second-order valence-corrected chi connectivity index (χ2v) is 8.38. The van der Waals surface area contributed by atoms with E-state index < -0.39 is 23.8 Å². The molecule has 9 nitrogen and oxygen atoms in total. The topological polar surface area (TPSA) is 116 Å². The summed E-state index contributed by atoms with van der Waals surface area (Å²) < 4.78 is 0. The van der Waals surface area contributed by atoms with Gasteiger partial charge in [0.1, 0.15) is 6.04 Å². The maximum Gasteiger partial charge on any atom is 0.262 e. The van der Waals surface area contributed by atoms with Gasteiger partial charge in [-0.2, -0.15) is 0 Å². The van der Waals surface area contributed by atoms with E-state index in [1.54, 1.807) is 12.1 Å². The van der Waals surface area contributed by atoms with Gasteiger partial charge in [0.2, 0.25) is 11.8 Å². The van der Waals surface area contributed by atoms with Crippen LogP contribution in [0.4, 0.5) is 0 Å². The SMILES string of the molecule is C[C@H](N)CN1CCN(Cc2ccc3c(c2)C(=O)N(C2CCC(=O)NC2=O)C3=O)CC1. The normalized spacial score (nSPS) is 24.2. The van der Waals surface area contributed by atoms with Crippen LogP contribution in [0.5, 0.6) is 0 Å². The number of rotatable bonds is 5. The predicted molar refractivity (Wildman–Crippen MR) is 108 cm³/mol. The summed E-state index contributed by atoms with van der Waals surface area (Å²) in [6.07, 6.45) is 0.276. The van der Waals surface area contributed by atoms with E-state index in [-0.39, 0.29) is 24.8 Å². The van der Waals surface area contributed by atoms with Crippen molar-refractivity contribution >= 4 is 23.6 Å². The fourth-order valence-electron chi connectivity index (χ4n) is 4.41. The second-order valence-electron chi connectivity index (χ2n) is 8.38. The number of carbonyl (C=O) groups is 4. The third-order valence-electron chi connectivity index (χ3n) is 5.92. The van der Waals surface area contributed by atoms with Gasteiger partial charge >= 0.3 is 0 Å². The largest absolute Gasteiger partial charge is 0.327 e. The zero-order valence-electron chi connectivity index (χ0n) is 17.1. The van der Waals surface area contributed by atoms with Crippen molar-refractivity contribution < 1.29 is 19.2 Å². The van der Waals surface area contributed by atoms with Crippen molar-refractivity contribution in [1.29, 1.82) is 0 Å². The van der Waals surface area contributed by atoms with Gasteiger partial charge in [-0.1, -0.05) is 6.07 Å². The lowest BCUT2D eigenvalue weighted by Crippen LogP contribution is -2.54. The maximum absolute atomic E-state index is 12.9. The molecule has 2 saturated heterocycles. The molecular weight excluding hydrogens is 386 g/mol. The fourth-order valence-corrected chi connectivity index (χ4v) is 4.41. The zero-order valence-corrected chi connectivity index (χ0v) is 17.1. The number of imide groups is 2. The van der Waals surface area contributed by atoms with Gasteiger partial charge in [-0.05, 0) is 31.0 Å². The van der Waals surface area contributed by atoms with Crippen LogP contribution in [0.3, 0.4) is 0 Å². The van der Waals surface area contributed by atoms with Gasteiger partial charge in [-0.3, -0.25) is 39.2 Å². The highest BCUT2D eigenvalue weighted by atomic mass is 16.2. The van der Waals surface area contributed by atoms with Crippen LogP contribution < -0.4 is 11.1 Å². The average molecular weight is 413 g/mol. The average Bonchev–Trinajstić information content (AvgIpc) is 2.94. The number of piperidine rings is 1. The van der Waals surface area contributed by atoms with Crippen molar-refractivity contribution in [2.45, 2.75) is 38.4 Å². The van der Waals surface area contributed by atoms with Crippen molar-refractivity contribution in [2.24, 2.45) is 5.73 Å². The highest BCUT2D eigenvalue weighted by Gasteiger charge is 2.44. The summed E-state index contributed by atoms with van der Waals surface area (Å²) in [6, 6.07) is 4.52. The molecule has 1 unspecified atom stereocenters. The van der Waals surface area contributed by atoms with Crippen LogP contribution in [-0.4, -0.2) is 83.1 Å². The van der Waals surface area contributed by atoms with Crippen LogP contribution in [0.15, 0.2) is 18.2 Å². The van der Waals surface area contributed by atoms with Crippen LogP contribution in [0.2, 0.25) is 0 Å². The summed E-state index contributed by atoms with van der Waals surface area (Å²) in [5.41, 5.74) is 7.48. The summed E-state index contributed by atoms with van der Waals surface area (Å²) in [7, 11) is 0. The first-order valence-electron chi connectivity index (χ1n) is 10.4. The molecule has 160 valence electrons. The van der Waals surface area contributed by atoms with E-state index in [1.807, 2.05) is 13.0 Å². The summed E-state index contributed by atoms with van der Waals surface area (Å²) in [5, 5.41) is 2.21. The number of piperazine rings is 1. The Morgan fingerprint density at radius 3 is 2.37 bits per heavy atom. The number of nitrogens with zero attached hydrogens (tertiary/aromatic N) is 3. The Kier molecular flexibility index (Phi) is 5.68. The molecule has 1 aromatic rings. The summed E-state index contributed by atoms with van der Waals surface area (Å²) in [6.45, 7) is 7.32. The molecule has 30 heavy (non-hydrogen) atoms. The molecule has 9 heteroatoms. The van der Waals surface area contributed by atoms with Gasteiger partial charge < -0.3 is 5.73 Å². The Bertz CT molecular complexity index is 891. The lowest BCUT2D eigenvalue weighted by molar-refractivity contribution is -0.136. The summed E-state index contributed by atoms with van der Waals surface area (Å²) in [4.78, 5) is 54.9. The zero-order chi connectivity index (χ0) is 21.4. The molecule has 0 bridgehead atoms. The molecule has 1 aromatic carbocycles. The molecule has 2 fully saturated rings. The lowest BCUT2D eigenvalue weighted by Gasteiger charge is -2.35. The molecule has 3 aliphatic heterocycles. The van der Waals surface area contributed by atoms with Crippen molar-refractivity contribution in [3.8, 4) is 0 Å². The van der Waals surface area contributed by atoms with Crippen molar-refractivity contribution in [2.75, 3.05) is 32.7 Å². The molecule has 0 saturated carbocycles. The third kappa shape index (κ3) is 4.00. The van der Waals surface area contributed by atoms with E-state index in [0.717, 1.165) is 43.2 Å². The van der Waals surface area contributed by atoms with Crippen LogP contribution in [-0.2, 0) is 16.1 Å². The lowest BCUT2D eigenvalue weighted by atomic mass is 10.0. The van der Waals surface area contributed by atoms with Crippen molar-refractivity contribution in [3.63, 3.8) is 0 Å². The van der Waals surface area contributed by atoms with Gasteiger partial charge in [-0.25, -0.2) is 0 Å². The molecule has 3 N–H and O–H groups in total. The molecular formula is C21H27N5O4. The quantitative estimate of drug-likeness (QED) is 0.628. The molecule has 3 heterocycles. The van der Waals surface area contributed by atoms with E-state index in [1.165, 1.54) is 0 Å². The Morgan fingerprint density at radius 1 is 1.03 bits per heavy atom. The van der Waals surface area contributed by atoms with Crippen LogP contribution in [0.25, 0.3) is 0 Å². The number of hydrogen-bond donors (Lipinski definition) is 2. The monoisotopic (exact) mass is 413 g/mol. The number of fused-ring (bicyclic) bond motifs is 1. The molecule has 0 radical (unpaired) electrons. The minimum absolute atomic E-state index is 0.115. The number of nitrogens with one attached hydrogen (secondary N) is 1. The number of amides is 4. The van der Waals surface area contributed by atoms with Crippen LogP contribution >= 0.6 is 0 Å². The first kappa shape index (κ1) is 20.6. The van der Waals surface area contributed by atoms with Crippen LogP contribution in [0, 0.1) is 0 Å². The van der Waals surface area contributed by atoms with E-state index in [4.69, 9.17) is 5.73 Å². The Balaban J connectivity index is 1.44. The van der Waals surface area contributed by atoms with E-state index >= 15 is 0 Å². The fraction of sp³-hybridized carbons (Fsp3) is 0.524. The summed E-state index contributed by atoms with van der Waals surface area (Å²) in [5.74, 6) is -1.91. The number of benzene rings is 1. The minimum Gasteiger partial charge on any atom is -0.327 e. The number of hydrogen-bond acceptors (Lipinski definition) is 7. The number of nitrogens with two attached hydrogens (primary N) is 1. The smallest absolute Gasteiger partial charge is 0.262 e. The van der Waals surface area contributed by atoms with Gasteiger partial charge in [-0.15, -0.1) is 0 Å². The van der Waals surface area contributed by atoms with Gasteiger partial charge in [0, 0.05) is 51.7 Å². The molecule has 0 aliphatic carbocycles. The van der Waals surface area contributed by atoms with Crippen LogP contribution in [0.1, 0.15) is 46.0 Å². The number of carbonyl (C=O) groups excluding carboxylic acids is 4. The first-order chi connectivity index (χ1) is 14.3. The highest BCUT2D eigenvalue weighted by Crippen LogP contribution is 2.28. The maximum atomic E-state index is 12.9. The van der Waals surface area contributed by atoms with E-state index in [9.17, 15) is 19.2 Å². The molecule has 3 aliphatic rings. The standard InChI is InChI=1S/C21H27N5O4/c1-13(22)11-24-6-8-25(9-7-24)12-14-2-3-15-16(10-14)21(30)26(20(15)29)17-4-5-18(27)23-19(17)28/h2-3,10,13,17H,4-9,11-12,22H2,1H3,(H,23,27,28)/t13-,17?/m0/s1. The Morgan fingerprint density at radius 2 is 1.70 bits per heavy atom. The van der Waals surface area contributed by atoms with Crippen molar-refractivity contribution in [3.05, 3.63) is 34.9 Å². The van der Waals surface area contributed by atoms with Gasteiger partial charge in [0.25, 0.3) is 11.8 Å². The molecule has 4 rings (SSSR count). The van der Waals surface area contributed by atoms with E-state index in [0.29, 0.717) is 17.7 Å². The molecule has 2 atom stereocenters. The van der Waals surface area contributed by atoms with Gasteiger partial charge in [0.15, 0.2) is 0 Å². The first-order valence-corrected chi connectivity index (χ1v) is 10.4. The molecule has 0 aromatic heterocycles. The third-order valence-corrected chi connectivity index (χ3v) is 5.92. The minimum atomic E-state index is -0.934. The molecule has 0 spiro atoms. The second kappa shape index (κ2) is 8.25. The van der Waals surface area contributed by atoms with Crippen molar-refractivity contribution in [1.82, 2.24) is 20.0 Å². The highest BCUT2D eigenvalue weighted by molar-refractivity contribution is 6.23. The Labute approximate surface area is 175 Å². The predicted octanol–water partition coefficient (Wildman–Crippen LogP) is -0.447. The van der Waals surface area contributed by atoms with E-state index in [2.05, 4.69) is 15.1 Å². The summed E-state index contributed by atoms with van der Waals surface area (Å²) >= 11 is 0. The van der Waals surface area contributed by atoms with Gasteiger partial charge in [0.05, 0.1) is 11.1 Å². The Hall–Kier alpha value is -2.62. The molecule has 4 amide bonds.